The Bertz CT molecular complexity index is 279. The van der Waals surface area contributed by atoms with E-state index in [4.69, 9.17) is 10.5 Å². The Morgan fingerprint density at radius 2 is 2.29 bits per heavy atom. The molecule has 0 aromatic carbocycles. The van der Waals surface area contributed by atoms with E-state index in [0.29, 0.717) is 11.7 Å². The fraction of sp³-hybridized carbons (Fsp3) is 0.545. The third kappa shape index (κ3) is 2.45. The lowest BCUT2D eigenvalue weighted by atomic mass is 9.95. The highest BCUT2D eigenvalue weighted by Gasteiger charge is 2.12. The molecule has 0 saturated heterocycles. The van der Waals surface area contributed by atoms with E-state index in [1.54, 1.807) is 13.3 Å². The second kappa shape index (κ2) is 4.96. The molecule has 0 aliphatic carbocycles. The van der Waals surface area contributed by atoms with Crippen LogP contribution in [0.4, 0.5) is 5.82 Å². The molecule has 1 aromatic heterocycles. The van der Waals surface area contributed by atoms with Gasteiger partial charge in [-0.3, -0.25) is 0 Å². The van der Waals surface area contributed by atoms with E-state index in [1.807, 2.05) is 6.07 Å². The van der Waals surface area contributed by atoms with Gasteiger partial charge in [-0.2, -0.15) is 0 Å². The van der Waals surface area contributed by atoms with Crippen LogP contribution in [0.15, 0.2) is 12.3 Å². The Kier molecular flexibility index (Phi) is 3.89. The van der Waals surface area contributed by atoms with Gasteiger partial charge in [0.1, 0.15) is 5.82 Å². The molecular formula is C11H18N2O. The molecule has 0 aliphatic rings. The first-order valence-corrected chi connectivity index (χ1v) is 4.86. The molecule has 1 unspecified atom stereocenters. The molecule has 1 aromatic rings. The number of aromatic nitrogens is 1. The normalized spacial score (nSPS) is 12.8. The summed E-state index contributed by atoms with van der Waals surface area (Å²) in [6.45, 7) is 4.98. The van der Waals surface area contributed by atoms with Gasteiger partial charge in [0.2, 0.25) is 0 Å². The van der Waals surface area contributed by atoms with Gasteiger partial charge in [-0.15, -0.1) is 0 Å². The van der Waals surface area contributed by atoms with Crippen molar-refractivity contribution in [1.29, 1.82) is 0 Å². The number of methoxy groups -OCH3 is 1. The molecule has 1 rings (SSSR count). The summed E-state index contributed by atoms with van der Waals surface area (Å²) in [4.78, 5) is 4.11. The van der Waals surface area contributed by atoms with E-state index in [-0.39, 0.29) is 0 Å². The predicted octanol–water partition coefficient (Wildman–Crippen LogP) is 2.11. The maximum absolute atomic E-state index is 5.84. The molecule has 0 amide bonds. The summed E-state index contributed by atoms with van der Waals surface area (Å²) in [5.74, 6) is 1.05. The number of ether oxygens (including phenoxy) is 1. The smallest absolute Gasteiger partial charge is 0.127 e. The lowest BCUT2D eigenvalue weighted by Gasteiger charge is -2.15. The molecule has 0 radical (unpaired) electrons. The topological polar surface area (TPSA) is 48.1 Å². The summed E-state index contributed by atoms with van der Waals surface area (Å²) in [5.41, 5.74) is 8.21. The van der Waals surface area contributed by atoms with E-state index < -0.39 is 0 Å². The van der Waals surface area contributed by atoms with Crippen molar-refractivity contribution >= 4 is 5.82 Å². The fourth-order valence-corrected chi connectivity index (χ4v) is 1.67. The molecule has 0 saturated carbocycles. The SMILES string of the molecule is COCCC(C)c1c(C)ccnc1N. The highest BCUT2D eigenvalue weighted by molar-refractivity contribution is 5.45. The quantitative estimate of drug-likeness (QED) is 0.798. The Balaban J connectivity index is 2.82. The van der Waals surface area contributed by atoms with Crippen molar-refractivity contribution in [3.05, 3.63) is 23.4 Å². The van der Waals surface area contributed by atoms with Crippen LogP contribution in [0.5, 0.6) is 0 Å². The van der Waals surface area contributed by atoms with Crippen LogP contribution < -0.4 is 5.73 Å². The third-order valence-corrected chi connectivity index (χ3v) is 2.49. The van der Waals surface area contributed by atoms with Crippen LogP contribution in [0.3, 0.4) is 0 Å². The second-order valence-electron chi connectivity index (χ2n) is 3.61. The summed E-state index contributed by atoms with van der Waals surface area (Å²) in [6, 6.07) is 2.00. The first kappa shape index (κ1) is 11.0. The van der Waals surface area contributed by atoms with E-state index in [1.165, 1.54) is 5.56 Å². The maximum atomic E-state index is 5.84. The van der Waals surface area contributed by atoms with E-state index in [9.17, 15) is 0 Å². The first-order chi connectivity index (χ1) is 6.66. The Hall–Kier alpha value is -1.09. The van der Waals surface area contributed by atoms with Crippen molar-refractivity contribution in [2.24, 2.45) is 0 Å². The minimum atomic E-state index is 0.406. The van der Waals surface area contributed by atoms with Crippen molar-refractivity contribution in [1.82, 2.24) is 4.98 Å². The van der Waals surface area contributed by atoms with E-state index >= 15 is 0 Å². The largest absolute Gasteiger partial charge is 0.385 e. The van der Waals surface area contributed by atoms with Gasteiger partial charge >= 0.3 is 0 Å². The van der Waals surface area contributed by atoms with E-state index in [0.717, 1.165) is 18.6 Å². The molecule has 0 aliphatic heterocycles. The molecule has 0 bridgehead atoms. The van der Waals surface area contributed by atoms with Gasteiger partial charge in [-0.05, 0) is 30.9 Å². The second-order valence-corrected chi connectivity index (χ2v) is 3.61. The maximum Gasteiger partial charge on any atom is 0.127 e. The number of nitrogen functional groups attached to an aromatic ring is 1. The van der Waals surface area contributed by atoms with E-state index in [2.05, 4.69) is 18.8 Å². The molecule has 0 spiro atoms. The minimum Gasteiger partial charge on any atom is -0.385 e. The molecule has 1 atom stereocenters. The molecule has 78 valence electrons. The first-order valence-electron chi connectivity index (χ1n) is 4.86. The molecule has 1 heterocycles. The zero-order chi connectivity index (χ0) is 10.6. The number of hydrogen-bond donors (Lipinski definition) is 1. The van der Waals surface area contributed by atoms with Crippen LogP contribution in [0.25, 0.3) is 0 Å². The molecular weight excluding hydrogens is 176 g/mol. The third-order valence-electron chi connectivity index (χ3n) is 2.49. The summed E-state index contributed by atoms with van der Waals surface area (Å²) < 4.78 is 5.05. The Labute approximate surface area is 85.3 Å². The van der Waals surface area contributed by atoms with Crippen molar-refractivity contribution < 1.29 is 4.74 Å². The van der Waals surface area contributed by atoms with Gasteiger partial charge < -0.3 is 10.5 Å². The number of nitrogens with two attached hydrogens (primary N) is 1. The van der Waals surface area contributed by atoms with Gasteiger partial charge in [-0.1, -0.05) is 6.92 Å². The Morgan fingerprint density at radius 1 is 1.57 bits per heavy atom. The van der Waals surface area contributed by atoms with Crippen molar-refractivity contribution in [3.63, 3.8) is 0 Å². The van der Waals surface area contributed by atoms with Gasteiger partial charge in [0, 0.05) is 25.5 Å². The van der Waals surface area contributed by atoms with Crippen molar-refractivity contribution in [3.8, 4) is 0 Å². The zero-order valence-corrected chi connectivity index (χ0v) is 9.08. The summed E-state index contributed by atoms with van der Waals surface area (Å²) >= 11 is 0. The highest BCUT2D eigenvalue weighted by Crippen LogP contribution is 2.26. The number of nitrogens with zero attached hydrogens (tertiary/aromatic N) is 1. The number of anilines is 1. The summed E-state index contributed by atoms with van der Waals surface area (Å²) in [7, 11) is 1.71. The standard InChI is InChI=1S/C11H18N2O/c1-8-4-6-13-11(12)10(8)9(2)5-7-14-3/h4,6,9H,5,7H2,1-3H3,(H2,12,13). The summed E-state index contributed by atoms with van der Waals surface area (Å²) in [6.07, 6.45) is 2.73. The molecule has 3 heteroatoms. The lowest BCUT2D eigenvalue weighted by Crippen LogP contribution is -2.06. The highest BCUT2D eigenvalue weighted by atomic mass is 16.5. The molecule has 3 nitrogen and oxygen atoms in total. The minimum absolute atomic E-state index is 0.406. The van der Waals surface area contributed by atoms with Crippen LogP contribution in [0.2, 0.25) is 0 Å². The average Bonchev–Trinajstić information content (AvgIpc) is 2.14. The number of aryl methyl sites for hydroxylation is 1. The van der Waals surface area contributed by atoms with Crippen LogP contribution in [-0.2, 0) is 4.74 Å². The predicted molar refractivity (Wildman–Crippen MR) is 58.3 cm³/mol. The van der Waals surface area contributed by atoms with Crippen LogP contribution in [0.1, 0.15) is 30.4 Å². The van der Waals surface area contributed by atoms with Crippen LogP contribution in [-0.4, -0.2) is 18.7 Å². The number of rotatable bonds is 4. The monoisotopic (exact) mass is 194 g/mol. The molecule has 2 N–H and O–H groups in total. The summed E-state index contributed by atoms with van der Waals surface area (Å²) in [5, 5.41) is 0. The van der Waals surface area contributed by atoms with Gasteiger partial charge in [-0.25, -0.2) is 4.98 Å². The average molecular weight is 194 g/mol. The van der Waals surface area contributed by atoms with Crippen molar-refractivity contribution in [2.75, 3.05) is 19.5 Å². The molecule has 14 heavy (non-hydrogen) atoms. The number of hydrogen-bond acceptors (Lipinski definition) is 3. The van der Waals surface area contributed by atoms with Gasteiger partial charge in [0.05, 0.1) is 0 Å². The van der Waals surface area contributed by atoms with Gasteiger partial charge in [0.25, 0.3) is 0 Å². The van der Waals surface area contributed by atoms with Crippen LogP contribution in [0, 0.1) is 6.92 Å². The zero-order valence-electron chi connectivity index (χ0n) is 9.08. The van der Waals surface area contributed by atoms with Crippen molar-refractivity contribution in [2.45, 2.75) is 26.2 Å². The van der Waals surface area contributed by atoms with Crippen LogP contribution >= 0.6 is 0 Å². The number of pyridine rings is 1. The fourth-order valence-electron chi connectivity index (χ4n) is 1.67. The lowest BCUT2D eigenvalue weighted by molar-refractivity contribution is 0.189. The molecule has 0 fully saturated rings. The van der Waals surface area contributed by atoms with Gasteiger partial charge in [0.15, 0.2) is 0 Å². The Morgan fingerprint density at radius 3 is 2.86 bits per heavy atom.